The molecule has 3 saturated carbocycles. The highest BCUT2D eigenvalue weighted by Gasteiger charge is 2.67. The molecule has 4 amide bonds. The number of nitrogens with one attached hydrogen (secondary N) is 4. The Morgan fingerprint density at radius 1 is 1.07 bits per heavy atom. The van der Waals surface area contributed by atoms with Gasteiger partial charge in [-0.1, -0.05) is 40.5 Å². The van der Waals surface area contributed by atoms with Gasteiger partial charge in [-0.2, -0.15) is 8.78 Å². The minimum atomic E-state index is -4.11. The maximum Gasteiger partial charge on any atom is 0.408 e. The summed E-state index contributed by atoms with van der Waals surface area (Å²) in [5, 5.41) is 4.28. The van der Waals surface area contributed by atoms with E-state index in [0.717, 1.165) is 0 Å². The van der Waals surface area contributed by atoms with E-state index < -0.39 is 117 Å². The van der Waals surface area contributed by atoms with E-state index in [4.69, 9.17) is 9.47 Å². The Kier molecular flexibility index (Phi) is 12.8. The third-order valence-electron chi connectivity index (χ3n) is 12.1. The molecular weight excluding hydrogens is 817 g/mol. The lowest BCUT2D eigenvalue weighted by Gasteiger charge is -2.36. The fourth-order valence-corrected chi connectivity index (χ4v) is 9.61. The van der Waals surface area contributed by atoms with Crippen LogP contribution in [0.15, 0.2) is 23.0 Å². The number of aromatic nitrogens is 2. The topological polar surface area (TPSA) is 206 Å². The number of ether oxygens (including phenoxy) is 2. The van der Waals surface area contributed by atoms with Crippen molar-refractivity contribution in [2.24, 2.45) is 23.2 Å². The summed E-state index contributed by atoms with van der Waals surface area (Å²) in [6.45, 7) is 7.09. The van der Waals surface area contributed by atoms with Crippen molar-refractivity contribution in [3.63, 3.8) is 0 Å². The molecule has 20 heteroatoms. The zero-order valence-electron chi connectivity index (χ0n) is 34.3. The second-order valence-electron chi connectivity index (χ2n) is 17.7. The number of hydrogen-bond donors (Lipinski definition) is 4. The number of rotatable bonds is 18. The highest BCUT2D eigenvalue weighted by molar-refractivity contribution is 7.91. The van der Waals surface area contributed by atoms with Crippen LogP contribution in [0.5, 0.6) is 5.75 Å². The monoisotopic (exact) mass is 870 g/mol. The summed E-state index contributed by atoms with van der Waals surface area (Å²) in [5.74, 6) is -7.90. The summed E-state index contributed by atoms with van der Waals surface area (Å²) in [4.78, 5) is 74.9. The van der Waals surface area contributed by atoms with Crippen LogP contribution in [-0.4, -0.2) is 96.2 Å². The van der Waals surface area contributed by atoms with Gasteiger partial charge in [-0.05, 0) is 80.8 Å². The number of sulfonamides is 1. The first kappa shape index (κ1) is 45.0. The van der Waals surface area contributed by atoms with Crippen LogP contribution in [0.25, 0.3) is 11.0 Å². The zero-order chi connectivity index (χ0) is 43.9. The lowest BCUT2D eigenvalue weighted by atomic mass is 9.85. The summed E-state index contributed by atoms with van der Waals surface area (Å²) in [5.41, 5.74) is -4.47. The molecule has 1 aromatic heterocycles. The van der Waals surface area contributed by atoms with Crippen molar-refractivity contribution in [2.75, 3.05) is 13.7 Å². The number of alkyl carbamates (subject to hydrolysis) is 1. The predicted molar refractivity (Wildman–Crippen MR) is 210 cm³/mol. The molecular formula is C40H54F4N6O9S. The summed E-state index contributed by atoms with van der Waals surface area (Å²) >= 11 is 0. The van der Waals surface area contributed by atoms with Crippen LogP contribution >= 0.6 is 0 Å². The molecule has 15 nitrogen and oxygen atoms in total. The first-order chi connectivity index (χ1) is 28.1. The molecule has 2 heterocycles. The molecule has 7 atom stereocenters. The van der Waals surface area contributed by atoms with Crippen molar-refractivity contribution >= 4 is 44.9 Å². The van der Waals surface area contributed by atoms with Crippen molar-refractivity contribution < 1.29 is 54.6 Å². The standard InChI is InChI=1S/C40H54F4N6O9S/c1-6-9-21-15-17-50(29(21)33(51)48-39(20-25(39)32(41)42)36(54)49-60(56,57)24-12-13-24)35(53)31(38(2,3)4)47-37(55)59-28-18-22(28)10-7-8-16-40(43,44)30-34(52)46-27-19-23(58-5)11-14-26(27)45-30/h11,14,19,21-22,24-25,28-29,31-32H,6-10,12-13,15-18,20H2,1-5H3,(H,46,52)(H,47,55)(H,48,51)(H,49,54)/t21-,22-,25+,28-,29+,31-,39-/m1/s1. The van der Waals surface area contributed by atoms with Crippen LogP contribution in [-0.2, 0) is 35.1 Å². The fourth-order valence-electron chi connectivity index (χ4n) is 8.25. The maximum absolute atomic E-state index is 15.1. The van der Waals surface area contributed by atoms with Crippen LogP contribution in [0.2, 0.25) is 0 Å². The number of amides is 4. The van der Waals surface area contributed by atoms with E-state index in [2.05, 4.69) is 20.6 Å². The van der Waals surface area contributed by atoms with Crippen molar-refractivity contribution in [3.8, 4) is 5.75 Å². The second-order valence-corrected chi connectivity index (χ2v) is 19.7. The maximum atomic E-state index is 15.1. The first-order valence-electron chi connectivity index (χ1n) is 20.5. The number of methoxy groups -OCH3 is 1. The number of hydrogen-bond acceptors (Lipinski definition) is 10. The minimum absolute atomic E-state index is 0.0720. The first-order valence-corrected chi connectivity index (χ1v) is 22.1. The molecule has 4 aliphatic rings. The van der Waals surface area contributed by atoms with E-state index in [9.17, 15) is 41.2 Å². The molecule has 1 saturated heterocycles. The van der Waals surface area contributed by atoms with Gasteiger partial charge in [0, 0.05) is 19.0 Å². The number of fused-ring (bicyclic) bond motifs is 1. The van der Waals surface area contributed by atoms with Crippen LogP contribution in [0.3, 0.4) is 0 Å². The summed E-state index contributed by atoms with van der Waals surface area (Å²) in [6.07, 6.45) is -1.99. The minimum Gasteiger partial charge on any atom is -0.497 e. The molecule has 1 aliphatic heterocycles. The van der Waals surface area contributed by atoms with Crippen molar-refractivity contribution in [3.05, 3.63) is 34.2 Å². The number of aromatic amines is 1. The smallest absolute Gasteiger partial charge is 0.408 e. The van der Waals surface area contributed by atoms with Crippen LogP contribution in [0.1, 0.15) is 104 Å². The zero-order valence-corrected chi connectivity index (χ0v) is 35.1. The Bertz CT molecular complexity index is 2150. The summed E-state index contributed by atoms with van der Waals surface area (Å²) < 4.78 is 95.9. The highest BCUT2D eigenvalue weighted by Crippen LogP contribution is 2.49. The van der Waals surface area contributed by atoms with Gasteiger partial charge in [-0.15, -0.1) is 0 Å². The van der Waals surface area contributed by atoms with E-state index in [0.29, 0.717) is 57.1 Å². The fraction of sp³-hybridized carbons (Fsp3) is 0.700. The lowest BCUT2D eigenvalue weighted by molar-refractivity contribution is -0.144. The van der Waals surface area contributed by atoms with E-state index in [1.54, 1.807) is 26.8 Å². The number of likely N-dealkylation sites (tertiary alicyclic amines) is 1. The third-order valence-corrected chi connectivity index (χ3v) is 13.9. The van der Waals surface area contributed by atoms with Gasteiger partial charge < -0.3 is 30.0 Å². The van der Waals surface area contributed by atoms with Gasteiger partial charge in [0.2, 0.25) is 28.3 Å². The quantitative estimate of drug-likeness (QED) is 0.118. The van der Waals surface area contributed by atoms with Gasteiger partial charge in [0.05, 0.1) is 29.3 Å². The molecule has 4 fully saturated rings. The van der Waals surface area contributed by atoms with Gasteiger partial charge >= 0.3 is 6.09 Å². The average molecular weight is 871 g/mol. The van der Waals surface area contributed by atoms with Gasteiger partial charge in [0.25, 0.3) is 17.4 Å². The number of carbonyl (C=O) groups excluding carboxylic acids is 4. The Morgan fingerprint density at radius 3 is 2.40 bits per heavy atom. The van der Waals surface area contributed by atoms with Crippen molar-refractivity contribution in [1.29, 1.82) is 0 Å². The molecule has 0 spiro atoms. The third kappa shape index (κ3) is 9.83. The van der Waals surface area contributed by atoms with Crippen LogP contribution < -0.4 is 25.7 Å². The average Bonchev–Trinajstić information content (AvgIpc) is 4.09. The molecule has 1 aromatic carbocycles. The Labute approximate surface area is 345 Å². The van der Waals surface area contributed by atoms with E-state index >= 15 is 8.78 Å². The molecule has 6 rings (SSSR count). The molecule has 4 N–H and O–H groups in total. The van der Waals surface area contributed by atoms with Gasteiger partial charge in [0.1, 0.15) is 29.5 Å². The van der Waals surface area contributed by atoms with Crippen LogP contribution in [0.4, 0.5) is 22.4 Å². The van der Waals surface area contributed by atoms with Crippen molar-refractivity contribution in [2.45, 2.75) is 140 Å². The second kappa shape index (κ2) is 17.1. The lowest BCUT2D eigenvalue weighted by Crippen LogP contribution is -2.61. The van der Waals surface area contributed by atoms with E-state index in [1.165, 1.54) is 24.1 Å². The van der Waals surface area contributed by atoms with Crippen molar-refractivity contribution in [1.82, 2.24) is 30.2 Å². The van der Waals surface area contributed by atoms with Crippen LogP contribution in [0, 0.1) is 23.2 Å². The number of H-pyrrole nitrogens is 1. The number of halogens is 4. The Morgan fingerprint density at radius 2 is 1.78 bits per heavy atom. The number of nitrogens with zero attached hydrogens (tertiary/aromatic N) is 2. The summed E-state index contributed by atoms with van der Waals surface area (Å²) in [6, 6.07) is 2.13. The number of benzene rings is 1. The molecule has 0 bridgehead atoms. The SMILES string of the molecule is CCC[C@@H]1CCN(C(=O)[C@@H](NC(=O)O[C@@H]2C[C@H]2CCCCC(F)(F)c2nc3ccc(OC)cc3[nH]c2=O)C(C)(C)C)[C@@H]1C(=O)N[C@]1(C(=O)NS(=O)(=O)C2CC2)C[C@H]1C(F)F. The molecule has 3 aliphatic carbocycles. The van der Waals surface area contributed by atoms with Gasteiger partial charge in [0.15, 0.2) is 5.69 Å². The normalized spacial score (nSPS) is 25.8. The molecule has 332 valence electrons. The number of carbonyl (C=O) groups is 4. The highest BCUT2D eigenvalue weighted by atomic mass is 32.2. The Balaban J connectivity index is 1.04. The van der Waals surface area contributed by atoms with E-state index in [1.807, 2.05) is 11.6 Å². The van der Waals surface area contributed by atoms with E-state index in [-0.39, 0.29) is 29.9 Å². The number of alkyl halides is 4. The molecule has 0 unspecified atom stereocenters. The molecule has 60 heavy (non-hydrogen) atoms. The van der Waals surface area contributed by atoms with Gasteiger partial charge in [-0.3, -0.25) is 23.9 Å². The number of unbranched alkanes of at least 4 members (excludes halogenated alkanes) is 1. The molecule has 2 aromatic rings. The Hall–Kier alpha value is -4.49. The van der Waals surface area contributed by atoms with Gasteiger partial charge in [-0.25, -0.2) is 27.0 Å². The molecule has 0 radical (unpaired) electrons. The summed E-state index contributed by atoms with van der Waals surface area (Å²) in [7, 11) is -2.67. The predicted octanol–water partition coefficient (Wildman–Crippen LogP) is 4.88. The largest absolute Gasteiger partial charge is 0.497 e.